The molecule has 0 saturated heterocycles. The number of nitrogens with one attached hydrogen (secondary N) is 1. The van der Waals surface area contributed by atoms with E-state index in [0.29, 0.717) is 0 Å². The molecule has 1 aromatic carbocycles. The van der Waals surface area contributed by atoms with Crippen molar-refractivity contribution in [1.29, 1.82) is 0 Å². The molecule has 1 N–H and O–H groups in total. The van der Waals surface area contributed by atoms with E-state index in [0.717, 1.165) is 36.3 Å². The molecule has 1 aliphatic rings. The highest BCUT2D eigenvalue weighted by Gasteiger charge is 2.39. The van der Waals surface area contributed by atoms with Gasteiger partial charge in [-0.1, -0.05) is 40.7 Å². The Bertz CT molecular complexity index is 863. The van der Waals surface area contributed by atoms with Gasteiger partial charge >= 0.3 is 0 Å². The molecule has 2 aromatic rings. The first-order valence-corrected chi connectivity index (χ1v) is 12.7. The van der Waals surface area contributed by atoms with E-state index in [2.05, 4.69) is 77.3 Å². The molecule has 3 nitrogen and oxygen atoms in total. The van der Waals surface area contributed by atoms with Gasteiger partial charge in [-0.25, -0.2) is 4.98 Å². The van der Waals surface area contributed by atoms with E-state index in [1.54, 1.807) is 0 Å². The maximum atomic E-state index is 6.54. The number of aryl methyl sites for hydroxylation is 1. The summed E-state index contributed by atoms with van der Waals surface area (Å²) in [6, 6.07) is 6.43. The number of benzene rings is 1. The fourth-order valence-corrected chi connectivity index (χ4v) is 4.34. The Morgan fingerprint density at radius 2 is 1.96 bits per heavy atom. The molecule has 0 unspecified atom stereocenters. The van der Waals surface area contributed by atoms with Gasteiger partial charge in [-0.15, -0.1) is 0 Å². The minimum atomic E-state index is -1.84. The number of allylic oxidation sites excluding steroid dienone is 1. The molecule has 1 aliphatic heterocycles. The molecule has 1 aromatic heterocycles. The number of pyridine rings is 1. The Kier molecular flexibility index (Phi) is 4.91. The Balaban J connectivity index is 2.10. The fourth-order valence-electron chi connectivity index (χ4n) is 3.32. The molecule has 4 heteroatoms. The predicted octanol–water partition coefficient (Wildman–Crippen LogP) is 6.04. The van der Waals surface area contributed by atoms with E-state index >= 15 is 0 Å². The summed E-state index contributed by atoms with van der Waals surface area (Å²) in [5.41, 5.74) is 6.13. The first-order chi connectivity index (χ1) is 12.2. The zero-order valence-corrected chi connectivity index (χ0v) is 18.3. The van der Waals surface area contributed by atoms with Gasteiger partial charge in [0.05, 0.1) is 16.9 Å². The lowest BCUT2D eigenvalue weighted by Gasteiger charge is -2.36. The minimum Gasteiger partial charge on any atom is -0.543 e. The number of rotatable bonds is 4. The number of hydrogen-bond donors (Lipinski definition) is 1. The van der Waals surface area contributed by atoms with Gasteiger partial charge in [0, 0.05) is 17.5 Å². The van der Waals surface area contributed by atoms with Crippen LogP contribution in [0.3, 0.4) is 0 Å². The lowest BCUT2D eigenvalue weighted by Crippen LogP contribution is -2.43. The largest absolute Gasteiger partial charge is 0.543 e. The van der Waals surface area contributed by atoms with Crippen molar-refractivity contribution in [2.45, 2.75) is 72.1 Å². The van der Waals surface area contributed by atoms with Gasteiger partial charge in [0.2, 0.25) is 8.32 Å². The second-order valence-electron chi connectivity index (χ2n) is 8.69. The zero-order chi connectivity index (χ0) is 19.1. The molecule has 0 fully saturated rings. The van der Waals surface area contributed by atoms with Crippen LogP contribution in [0.25, 0.3) is 16.6 Å². The van der Waals surface area contributed by atoms with Crippen molar-refractivity contribution in [3.05, 3.63) is 41.1 Å². The van der Waals surface area contributed by atoms with Crippen molar-refractivity contribution in [3.8, 4) is 5.75 Å². The highest BCUT2D eigenvalue weighted by atomic mass is 28.4. The summed E-state index contributed by atoms with van der Waals surface area (Å²) in [6.45, 7) is 16.7. The smallest absolute Gasteiger partial charge is 0.250 e. The molecule has 0 amide bonds. The molecule has 0 atom stereocenters. The van der Waals surface area contributed by atoms with Crippen molar-refractivity contribution in [1.82, 2.24) is 10.3 Å². The van der Waals surface area contributed by atoms with Gasteiger partial charge in [-0.05, 0) is 54.7 Å². The summed E-state index contributed by atoms with van der Waals surface area (Å²) in [6.07, 6.45) is 4.26. The molecule has 0 aliphatic carbocycles. The Morgan fingerprint density at radius 3 is 2.58 bits per heavy atom. The van der Waals surface area contributed by atoms with Gasteiger partial charge in [0.25, 0.3) is 0 Å². The van der Waals surface area contributed by atoms with Gasteiger partial charge in [0.15, 0.2) is 0 Å². The van der Waals surface area contributed by atoms with E-state index in [1.165, 1.54) is 22.2 Å². The number of aromatic nitrogens is 1. The van der Waals surface area contributed by atoms with Gasteiger partial charge in [-0.3, -0.25) is 0 Å². The maximum absolute atomic E-state index is 6.54. The molecule has 140 valence electrons. The van der Waals surface area contributed by atoms with Crippen LogP contribution in [-0.4, -0.2) is 13.3 Å². The Morgan fingerprint density at radius 1 is 1.23 bits per heavy atom. The normalized spacial score (nSPS) is 16.0. The van der Waals surface area contributed by atoms with Crippen LogP contribution in [0.2, 0.25) is 18.1 Å². The first-order valence-electron chi connectivity index (χ1n) is 9.77. The van der Waals surface area contributed by atoms with E-state index in [1.807, 2.05) is 0 Å². The maximum Gasteiger partial charge on any atom is 0.250 e. The molecule has 2 heterocycles. The topological polar surface area (TPSA) is 34.2 Å². The van der Waals surface area contributed by atoms with Crippen molar-refractivity contribution in [2.24, 2.45) is 0 Å². The van der Waals surface area contributed by atoms with Crippen LogP contribution < -0.4 is 9.74 Å². The summed E-state index contributed by atoms with van der Waals surface area (Å²) in [7, 11) is -1.84. The van der Waals surface area contributed by atoms with Crippen LogP contribution in [0.4, 0.5) is 0 Å². The quantitative estimate of drug-likeness (QED) is 0.668. The van der Waals surface area contributed by atoms with Crippen molar-refractivity contribution in [2.75, 3.05) is 0 Å². The molecule has 3 rings (SSSR count). The monoisotopic (exact) mass is 368 g/mol. The van der Waals surface area contributed by atoms with Crippen LogP contribution in [-0.2, 0) is 13.0 Å². The van der Waals surface area contributed by atoms with Gasteiger partial charge in [-0.2, -0.15) is 0 Å². The molecular weight excluding hydrogens is 336 g/mol. The average molecular weight is 369 g/mol. The molecule has 0 saturated carbocycles. The lowest BCUT2D eigenvalue weighted by atomic mass is 9.99. The van der Waals surface area contributed by atoms with E-state index in [9.17, 15) is 0 Å². The van der Waals surface area contributed by atoms with Crippen LogP contribution in [0.1, 0.15) is 57.9 Å². The molecule has 26 heavy (non-hydrogen) atoms. The predicted molar refractivity (Wildman–Crippen MR) is 114 cm³/mol. The van der Waals surface area contributed by atoms with Gasteiger partial charge in [0.1, 0.15) is 5.75 Å². The number of fused-ring (bicyclic) bond motifs is 2. The van der Waals surface area contributed by atoms with Crippen LogP contribution in [0.15, 0.2) is 24.3 Å². The second-order valence-corrected chi connectivity index (χ2v) is 13.4. The van der Waals surface area contributed by atoms with Crippen LogP contribution in [0, 0.1) is 0 Å². The summed E-state index contributed by atoms with van der Waals surface area (Å²) in [5.74, 6) is 0.982. The molecule has 0 radical (unpaired) electrons. The lowest BCUT2D eigenvalue weighted by molar-refractivity contribution is 0.493. The summed E-state index contributed by atoms with van der Waals surface area (Å²) in [5, 5.41) is 4.95. The van der Waals surface area contributed by atoms with E-state index < -0.39 is 8.32 Å². The number of hydrogen-bond acceptors (Lipinski definition) is 3. The first kappa shape index (κ1) is 19.0. The van der Waals surface area contributed by atoms with Crippen molar-refractivity contribution in [3.63, 3.8) is 0 Å². The van der Waals surface area contributed by atoms with E-state index in [4.69, 9.17) is 9.41 Å². The van der Waals surface area contributed by atoms with Crippen LogP contribution in [0.5, 0.6) is 5.75 Å². The van der Waals surface area contributed by atoms with E-state index in [-0.39, 0.29) is 5.04 Å². The Hall–Kier alpha value is -1.81. The molecular formula is C22H32N2OSi. The molecule has 0 bridgehead atoms. The minimum absolute atomic E-state index is 0.190. The summed E-state index contributed by atoms with van der Waals surface area (Å²) < 4.78 is 6.54. The fraction of sp³-hybridized carbons (Fsp3) is 0.500. The third-order valence-electron chi connectivity index (χ3n) is 5.83. The van der Waals surface area contributed by atoms with Crippen molar-refractivity contribution >= 4 is 24.9 Å². The number of nitrogens with zero attached hydrogens (tertiary/aromatic N) is 1. The zero-order valence-electron chi connectivity index (χ0n) is 17.3. The van der Waals surface area contributed by atoms with Gasteiger partial charge < -0.3 is 9.74 Å². The highest BCUT2D eigenvalue weighted by Crippen LogP contribution is 2.39. The standard InChI is InChI=1S/C22H32N2OSi/c1-8-10-20-21-18(14-23-20)16(9-2)17-13-15(11-12-19(17)24-21)25-26(6,7)22(3,4)5/h10-13,23H,8-9,14H2,1-7H3/b20-10-. The SMILES string of the molecule is CC/C=C1\NCc2c1nc1ccc(O[Si](C)(C)C(C)(C)C)cc1c2CC. The van der Waals surface area contributed by atoms with Crippen molar-refractivity contribution < 1.29 is 4.43 Å². The van der Waals surface area contributed by atoms with Crippen LogP contribution >= 0.6 is 0 Å². The third-order valence-corrected chi connectivity index (χ3v) is 10.2. The summed E-state index contributed by atoms with van der Waals surface area (Å²) in [4.78, 5) is 4.98. The summed E-state index contributed by atoms with van der Waals surface area (Å²) >= 11 is 0. The molecule has 0 spiro atoms. The third kappa shape index (κ3) is 3.27. The average Bonchev–Trinajstić information content (AvgIpc) is 2.94. The highest BCUT2D eigenvalue weighted by molar-refractivity contribution is 6.74. The second kappa shape index (κ2) is 6.73. The Labute approximate surface area is 159 Å².